The smallest absolute Gasteiger partial charge is 0.320 e. The first-order valence-corrected chi connectivity index (χ1v) is 9.16. The van der Waals surface area contributed by atoms with E-state index < -0.39 is 12.0 Å². The van der Waals surface area contributed by atoms with Gasteiger partial charge in [-0.05, 0) is 61.0 Å². The number of carboxylic acid groups (broad SMARTS) is 1. The number of benzene rings is 1. The Labute approximate surface area is 146 Å². The molecule has 2 atom stereocenters. The summed E-state index contributed by atoms with van der Waals surface area (Å²) in [5.74, 6) is 0.0938. The zero-order chi connectivity index (χ0) is 17.1. The molecule has 2 heterocycles. The quantitative estimate of drug-likeness (QED) is 0.886. The number of aliphatic carboxylic acids is 1. The topological polar surface area (TPSA) is 49.8 Å². The van der Waals surface area contributed by atoms with E-state index in [1.165, 1.54) is 10.4 Å². The van der Waals surface area contributed by atoms with Gasteiger partial charge in [0.2, 0.25) is 0 Å². The van der Waals surface area contributed by atoms with Gasteiger partial charge in [0.05, 0.1) is 13.2 Å². The van der Waals surface area contributed by atoms with Crippen LogP contribution in [0.2, 0.25) is 0 Å². The highest BCUT2D eigenvalue weighted by Gasteiger charge is 2.36. The van der Waals surface area contributed by atoms with Crippen LogP contribution in [0.15, 0.2) is 35.7 Å². The summed E-state index contributed by atoms with van der Waals surface area (Å²) in [6.07, 6.45) is 2.74. The van der Waals surface area contributed by atoms with Gasteiger partial charge in [-0.2, -0.15) is 0 Å². The van der Waals surface area contributed by atoms with E-state index in [0.29, 0.717) is 6.42 Å². The first-order valence-electron chi connectivity index (χ1n) is 8.28. The van der Waals surface area contributed by atoms with Crippen LogP contribution in [0.5, 0.6) is 5.75 Å². The van der Waals surface area contributed by atoms with Gasteiger partial charge in [-0.1, -0.05) is 18.6 Å². The lowest BCUT2D eigenvalue weighted by atomic mass is 9.94. The molecule has 1 N–H and O–H groups in total. The molecule has 0 amide bonds. The van der Waals surface area contributed by atoms with Crippen molar-refractivity contribution in [1.29, 1.82) is 0 Å². The lowest BCUT2D eigenvalue weighted by Crippen LogP contribution is -2.46. The minimum absolute atomic E-state index is 0.0164. The number of hydrogen-bond donors (Lipinski definition) is 1. The molecule has 0 saturated carbocycles. The molecule has 2 unspecified atom stereocenters. The van der Waals surface area contributed by atoms with E-state index in [0.717, 1.165) is 30.7 Å². The summed E-state index contributed by atoms with van der Waals surface area (Å²) in [5.41, 5.74) is 2.34. The van der Waals surface area contributed by atoms with Gasteiger partial charge >= 0.3 is 5.97 Å². The number of methoxy groups -OCH3 is 1. The molecule has 4 nitrogen and oxygen atoms in total. The number of hydrogen-bond acceptors (Lipinski definition) is 4. The molecular weight excluding hydrogens is 322 g/mol. The maximum atomic E-state index is 11.8. The summed E-state index contributed by atoms with van der Waals surface area (Å²) < 4.78 is 5.26. The van der Waals surface area contributed by atoms with Crippen molar-refractivity contribution in [3.05, 3.63) is 51.7 Å². The first kappa shape index (κ1) is 17.0. The lowest BCUT2D eigenvalue weighted by molar-refractivity contribution is -0.145. The number of rotatable bonds is 5. The second-order valence-electron chi connectivity index (χ2n) is 6.23. The van der Waals surface area contributed by atoms with Crippen molar-refractivity contribution >= 4 is 17.3 Å². The van der Waals surface area contributed by atoms with Crippen molar-refractivity contribution in [2.24, 2.45) is 0 Å². The van der Waals surface area contributed by atoms with Gasteiger partial charge in [-0.15, -0.1) is 11.3 Å². The van der Waals surface area contributed by atoms with Gasteiger partial charge in [-0.25, -0.2) is 0 Å². The van der Waals surface area contributed by atoms with Crippen LogP contribution in [-0.2, 0) is 4.79 Å². The van der Waals surface area contributed by atoms with Crippen molar-refractivity contribution in [3.8, 4) is 5.75 Å². The van der Waals surface area contributed by atoms with Gasteiger partial charge in [0.1, 0.15) is 11.8 Å². The van der Waals surface area contributed by atoms with Crippen molar-refractivity contribution in [3.63, 3.8) is 0 Å². The van der Waals surface area contributed by atoms with Gasteiger partial charge in [0.15, 0.2) is 0 Å². The Morgan fingerprint density at radius 3 is 2.62 bits per heavy atom. The van der Waals surface area contributed by atoms with E-state index in [9.17, 15) is 9.90 Å². The van der Waals surface area contributed by atoms with Crippen LogP contribution < -0.4 is 4.74 Å². The number of carboxylic acids is 1. The monoisotopic (exact) mass is 345 g/mol. The third-order valence-electron chi connectivity index (χ3n) is 4.74. The Kier molecular flexibility index (Phi) is 5.21. The van der Waals surface area contributed by atoms with Crippen LogP contribution in [0, 0.1) is 6.92 Å². The summed E-state index contributed by atoms with van der Waals surface area (Å²) in [4.78, 5) is 15.2. The van der Waals surface area contributed by atoms with Crippen LogP contribution in [0.3, 0.4) is 0 Å². The average molecular weight is 345 g/mol. The molecule has 1 aromatic carbocycles. The second-order valence-corrected chi connectivity index (χ2v) is 7.18. The molecule has 1 saturated heterocycles. The molecule has 0 radical (unpaired) electrons. The van der Waals surface area contributed by atoms with Crippen LogP contribution in [-0.4, -0.2) is 35.7 Å². The van der Waals surface area contributed by atoms with Crippen molar-refractivity contribution in [2.45, 2.75) is 38.3 Å². The SMILES string of the molecule is COc1ccc(C(c2sccc2C)N2CCCCC2C(=O)O)cc1. The molecule has 0 aliphatic carbocycles. The Bertz CT molecular complexity index is 695. The standard InChI is InChI=1S/C19H23NO3S/c1-13-10-12-24-18(13)17(14-6-8-15(23-2)9-7-14)20-11-4-3-5-16(20)19(21)22/h6-10,12,16-17H,3-5,11H2,1-2H3,(H,21,22). The predicted octanol–water partition coefficient (Wildman–Crippen LogP) is 4.09. The molecular formula is C19H23NO3S. The molecule has 3 rings (SSSR count). The summed E-state index contributed by atoms with van der Waals surface area (Å²) in [7, 11) is 1.65. The summed E-state index contributed by atoms with van der Waals surface area (Å²) in [6, 6.07) is 9.67. The number of piperidine rings is 1. The highest BCUT2D eigenvalue weighted by atomic mass is 32.1. The Hall–Kier alpha value is -1.85. The van der Waals surface area contributed by atoms with Crippen molar-refractivity contribution in [1.82, 2.24) is 4.90 Å². The zero-order valence-electron chi connectivity index (χ0n) is 14.1. The predicted molar refractivity (Wildman–Crippen MR) is 95.9 cm³/mol. The number of aryl methyl sites for hydroxylation is 1. The maximum Gasteiger partial charge on any atom is 0.320 e. The highest BCUT2D eigenvalue weighted by molar-refractivity contribution is 7.10. The molecule has 1 aliphatic rings. The molecule has 0 spiro atoms. The van der Waals surface area contributed by atoms with E-state index in [1.807, 2.05) is 12.1 Å². The van der Waals surface area contributed by atoms with Gasteiger partial charge in [0.25, 0.3) is 0 Å². The molecule has 1 aliphatic heterocycles. The van der Waals surface area contributed by atoms with Crippen LogP contribution in [0.1, 0.15) is 41.3 Å². The minimum Gasteiger partial charge on any atom is -0.497 e. The number of thiophene rings is 1. The van der Waals surface area contributed by atoms with E-state index in [-0.39, 0.29) is 6.04 Å². The second kappa shape index (κ2) is 7.36. The third-order valence-corrected chi connectivity index (χ3v) is 5.81. The van der Waals surface area contributed by atoms with Crippen molar-refractivity contribution < 1.29 is 14.6 Å². The Morgan fingerprint density at radius 1 is 1.29 bits per heavy atom. The molecule has 0 bridgehead atoms. The van der Waals surface area contributed by atoms with Gasteiger partial charge in [-0.3, -0.25) is 9.69 Å². The van der Waals surface area contributed by atoms with Crippen molar-refractivity contribution in [2.75, 3.05) is 13.7 Å². The lowest BCUT2D eigenvalue weighted by Gasteiger charge is -2.39. The van der Waals surface area contributed by atoms with E-state index in [4.69, 9.17) is 4.74 Å². The zero-order valence-corrected chi connectivity index (χ0v) is 14.9. The third kappa shape index (κ3) is 3.32. The first-order chi connectivity index (χ1) is 11.6. The summed E-state index contributed by atoms with van der Waals surface area (Å²) >= 11 is 1.70. The summed E-state index contributed by atoms with van der Waals surface area (Å²) in [6.45, 7) is 2.91. The largest absolute Gasteiger partial charge is 0.497 e. The normalized spacial score (nSPS) is 19.8. The van der Waals surface area contributed by atoms with Gasteiger partial charge in [0, 0.05) is 4.88 Å². The Morgan fingerprint density at radius 2 is 2.04 bits per heavy atom. The fourth-order valence-electron chi connectivity index (χ4n) is 3.47. The maximum absolute atomic E-state index is 11.8. The fraction of sp³-hybridized carbons (Fsp3) is 0.421. The van der Waals surface area contributed by atoms with E-state index in [1.54, 1.807) is 18.4 Å². The van der Waals surface area contributed by atoms with E-state index >= 15 is 0 Å². The molecule has 5 heteroatoms. The number of likely N-dealkylation sites (tertiary alicyclic amines) is 1. The number of carbonyl (C=O) groups is 1. The number of ether oxygens (including phenoxy) is 1. The van der Waals surface area contributed by atoms with E-state index in [2.05, 4.69) is 35.4 Å². The summed E-state index contributed by atoms with van der Waals surface area (Å²) in [5, 5.41) is 11.8. The number of nitrogens with zero attached hydrogens (tertiary/aromatic N) is 1. The molecule has 128 valence electrons. The van der Waals surface area contributed by atoms with Crippen LogP contribution >= 0.6 is 11.3 Å². The molecule has 24 heavy (non-hydrogen) atoms. The average Bonchev–Trinajstić information content (AvgIpc) is 3.02. The fourth-order valence-corrected chi connectivity index (χ4v) is 4.55. The Balaban J connectivity index is 2.04. The molecule has 2 aromatic rings. The van der Waals surface area contributed by atoms with Crippen LogP contribution in [0.4, 0.5) is 0 Å². The molecule has 1 aromatic heterocycles. The highest BCUT2D eigenvalue weighted by Crippen LogP contribution is 2.38. The van der Waals surface area contributed by atoms with Gasteiger partial charge < -0.3 is 9.84 Å². The van der Waals surface area contributed by atoms with Crippen LogP contribution in [0.25, 0.3) is 0 Å². The molecule has 1 fully saturated rings. The minimum atomic E-state index is -0.720.